The summed E-state index contributed by atoms with van der Waals surface area (Å²) in [6.07, 6.45) is 4.93. The fourth-order valence-corrected chi connectivity index (χ4v) is 3.63. The summed E-state index contributed by atoms with van der Waals surface area (Å²) in [5.74, 6) is -0.464. The van der Waals surface area contributed by atoms with Crippen molar-refractivity contribution in [3.63, 3.8) is 0 Å². The summed E-state index contributed by atoms with van der Waals surface area (Å²) in [5.41, 5.74) is 1.68. The van der Waals surface area contributed by atoms with Crippen molar-refractivity contribution in [2.45, 2.75) is 25.3 Å². The summed E-state index contributed by atoms with van der Waals surface area (Å²) in [7, 11) is 0. The lowest BCUT2D eigenvalue weighted by molar-refractivity contribution is -0.125. The zero-order valence-electron chi connectivity index (χ0n) is 13.3. The van der Waals surface area contributed by atoms with E-state index in [9.17, 15) is 14.4 Å². The molecule has 2 saturated heterocycles. The highest BCUT2D eigenvalue weighted by Gasteiger charge is 2.49. The van der Waals surface area contributed by atoms with Crippen LogP contribution < -0.4 is 10.6 Å². The maximum Gasteiger partial charge on any atom is 0.322 e. The molecular weight excluding hydrogens is 308 g/mol. The molecular formula is C17H18N4O3. The highest BCUT2D eigenvalue weighted by Crippen LogP contribution is 2.26. The van der Waals surface area contributed by atoms with Gasteiger partial charge in [0.25, 0.3) is 11.8 Å². The van der Waals surface area contributed by atoms with E-state index < -0.39 is 11.6 Å². The largest absolute Gasteiger partial charge is 0.336 e. The van der Waals surface area contributed by atoms with Crippen molar-refractivity contribution >= 4 is 23.4 Å². The fourth-order valence-electron chi connectivity index (χ4n) is 3.63. The molecule has 7 heteroatoms. The van der Waals surface area contributed by atoms with Gasteiger partial charge >= 0.3 is 6.03 Å². The maximum absolute atomic E-state index is 12.9. The third kappa shape index (κ3) is 2.16. The number of hydrogen-bond acceptors (Lipinski definition) is 3. The summed E-state index contributed by atoms with van der Waals surface area (Å²) in [6.45, 7) is 2.78. The zero-order chi connectivity index (χ0) is 16.9. The summed E-state index contributed by atoms with van der Waals surface area (Å²) in [4.78, 5) is 38.1. The smallest absolute Gasteiger partial charge is 0.322 e. The predicted octanol–water partition coefficient (Wildman–Crippen LogP) is 1.06. The van der Waals surface area contributed by atoms with Gasteiger partial charge < -0.3 is 14.6 Å². The van der Waals surface area contributed by atoms with Crippen molar-refractivity contribution in [3.05, 3.63) is 41.7 Å². The van der Waals surface area contributed by atoms with Crippen molar-refractivity contribution in [3.8, 4) is 0 Å². The van der Waals surface area contributed by atoms with Crippen molar-refractivity contribution in [2.24, 2.45) is 0 Å². The van der Waals surface area contributed by atoms with Gasteiger partial charge in [-0.3, -0.25) is 14.9 Å². The Hall–Kier alpha value is -2.83. The van der Waals surface area contributed by atoms with E-state index in [0.717, 1.165) is 11.1 Å². The lowest BCUT2D eigenvalue weighted by atomic mass is 9.89. The van der Waals surface area contributed by atoms with Crippen LogP contribution in [-0.2, 0) is 4.79 Å². The van der Waals surface area contributed by atoms with E-state index in [1.165, 1.54) is 0 Å². The molecule has 2 aromatic rings. The lowest BCUT2D eigenvalue weighted by Crippen LogP contribution is -2.59. The second-order valence-electron chi connectivity index (χ2n) is 6.53. The molecule has 0 aliphatic carbocycles. The first kappa shape index (κ1) is 14.7. The molecule has 0 bridgehead atoms. The Labute approximate surface area is 138 Å². The monoisotopic (exact) mass is 326 g/mol. The standard InChI is InChI=1S/C17H18N4O3/c1-11-4-2-6-20-9-12(8-13(11)20)14(22)21-7-3-5-17(10-21)15(23)18-16(24)19-17/h2,4,6,8-9H,3,5,7,10H2,1H3,(H2,18,19,23,24). The second-order valence-corrected chi connectivity index (χ2v) is 6.53. The Balaban J connectivity index is 1.62. The molecule has 1 spiro atoms. The number of piperidine rings is 1. The topological polar surface area (TPSA) is 82.9 Å². The van der Waals surface area contributed by atoms with E-state index in [1.54, 1.807) is 11.1 Å². The van der Waals surface area contributed by atoms with E-state index in [-0.39, 0.29) is 18.4 Å². The normalized spacial score (nSPS) is 23.6. The van der Waals surface area contributed by atoms with E-state index >= 15 is 0 Å². The first-order valence-corrected chi connectivity index (χ1v) is 7.99. The third-order valence-electron chi connectivity index (χ3n) is 4.89. The number of rotatable bonds is 1. The molecule has 2 N–H and O–H groups in total. The number of hydrogen-bond donors (Lipinski definition) is 2. The SMILES string of the molecule is Cc1cccn2cc(C(=O)N3CCCC4(C3)NC(=O)NC4=O)cc12. The molecule has 4 heterocycles. The van der Waals surface area contributed by atoms with E-state index in [4.69, 9.17) is 0 Å². The first-order valence-electron chi connectivity index (χ1n) is 7.99. The van der Waals surface area contributed by atoms with Crippen LogP contribution in [0, 0.1) is 6.92 Å². The summed E-state index contributed by atoms with van der Waals surface area (Å²) in [6, 6.07) is 5.31. The van der Waals surface area contributed by atoms with Gasteiger partial charge in [-0.15, -0.1) is 0 Å². The molecule has 1 atom stereocenters. The average molecular weight is 326 g/mol. The Bertz CT molecular complexity index is 872. The molecule has 24 heavy (non-hydrogen) atoms. The summed E-state index contributed by atoms with van der Waals surface area (Å²) < 4.78 is 1.92. The van der Waals surface area contributed by atoms with Crippen molar-refractivity contribution in [2.75, 3.05) is 13.1 Å². The molecule has 7 nitrogen and oxygen atoms in total. The van der Waals surface area contributed by atoms with Crippen LogP contribution in [0.25, 0.3) is 5.52 Å². The fraction of sp³-hybridized carbons (Fsp3) is 0.353. The van der Waals surface area contributed by atoms with Gasteiger partial charge in [0.1, 0.15) is 5.54 Å². The van der Waals surface area contributed by atoms with Gasteiger partial charge in [-0.25, -0.2) is 4.79 Å². The van der Waals surface area contributed by atoms with E-state index in [2.05, 4.69) is 10.6 Å². The average Bonchev–Trinajstić information content (AvgIpc) is 3.09. The second kappa shape index (κ2) is 5.09. The summed E-state index contributed by atoms with van der Waals surface area (Å²) >= 11 is 0. The van der Waals surface area contributed by atoms with Crippen molar-refractivity contribution in [1.82, 2.24) is 19.9 Å². The number of likely N-dealkylation sites (tertiary alicyclic amines) is 1. The lowest BCUT2D eigenvalue weighted by Gasteiger charge is -2.37. The van der Waals surface area contributed by atoms with E-state index in [1.807, 2.05) is 35.7 Å². The molecule has 1 unspecified atom stereocenters. The number of carbonyl (C=O) groups is 3. The highest BCUT2D eigenvalue weighted by atomic mass is 16.2. The van der Waals surface area contributed by atoms with Crippen LogP contribution in [0.2, 0.25) is 0 Å². The molecule has 2 aromatic heterocycles. The Morgan fingerprint density at radius 3 is 2.88 bits per heavy atom. The van der Waals surface area contributed by atoms with Crippen LogP contribution >= 0.6 is 0 Å². The Kier molecular flexibility index (Phi) is 3.13. The van der Waals surface area contributed by atoms with Crippen molar-refractivity contribution in [1.29, 1.82) is 0 Å². The first-order chi connectivity index (χ1) is 11.5. The number of nitrogens with zero attached hydrogens (tertiary/aromatic N) is 2. The van der Waals surface area contributed by atoms with Gasteiger partial charge in [-0.05, 0) is 37.5 Å². The molecule has 0 aromatic carbocycles. The van der Waals surface area contributed by atoms with Crippen LogP contribution in [-0.4, -0.2) is 45.8 Å². The Morgan fingerprint density at radius 2 is 2.17 bits per heavy atom. The number of imide groups is 1. The summed E-state index contributed by atoms with van der Waals surface area (Å²) in [5, 5.41) is 4.97. The van der Waals surface area contributed by atoms with Gasteiger partial charge in [-0.1, -0.05) is 6.07 Å². The van der Waals surface area contributed by atoms with Gasteiger partial charge in [0.2, 0.25) is 0 Å². The molecule has 4 rings (SSSR count). The van der Waals surface area contributed by atoms with E-state index in [0.29, 0.717) is 24.9 Å². The van der Waals surface area contributed by atoms with Gasteiger partial charge in [0.05, 0.1) is 12.1 Å². The molecule has 4 amide bonds. The molecule has 2 aliphatic rings. The molecule has 0 radical (unpaired) electrons. The Morgan fingerprint density at radius 1 is 1.33 bits per heavy atom. The molecule has 124 valence electrons. The van der Waals surface area contributed by atoms with Crippen LogP contribution in [0.5, 0.6) is 0 Å². The minimum atomic E-state index is -0.986. The zero-order valence-corrected chi connectivity index (χ0v) is 13.3. The van der Waals surface area contributed by atoms with Gasteiger partial charge in [0.15, 0.2) is 0 Å². The number of pyridine rings is 1. The number of carbonyl (C=O) groups excluding carboxylic acids is 3. The van der Waals surface area contributed by atoms with Gasteiger partial charge in [0, 0.05) is 24.5 Å². The number of fused-ring (bicyclic) bond motifs is 1. The van der Waals surface area contributed by atoms with Gasteiger partial charge in [-0.2, -0.15) is 0 Å². The van der Waals surface area contributed by atoms with Crippen LogP contribution in [0.3, 0.4) is 0 Å². The number of aryl methyl sites for hydroxylation is 1. The number of amides is 4. The number of nitrogens with one attached hydrogen (secondary N) is 2. The number of urea groups is 1. The van der Waals surface area contributed by atoms with Crippen LogP contribution in [0.4, 0.5) is 4.79 Å². The molecule has 2 aliphatic heterocycles. The van der Waals surface area contributed by atoms with Crippen LogP contribution in [0.1, 0.15) is 28.8 Å². The molecule has 0 saturated carbocycles. The quantitative estimate of drug-likeness (QED) is 0.769. The number of aromatic nitrogens is 1. The highest BCUT2D eigenvalue weighted by molar-refractivity contribution is 6.07. The van der Waals surface area contributed by atoms with Crippen molar-refractivity contribution < 1.29 is 14.4 Å². The molecule has 2 fully saturated rings. The maximum atomic E-state index is 12.9. The minimum Gasteiger partial charge on any atom is -0.336 e. The minimum absolute atomic E-state index is 0.119. The predicted molar refractivity (Wildman–Crippen MR) is 86.7 cm³/mol. The van der Waals surface area contributed by atoms with Crippen LogP contribution in [0.15, 0.2) is 30.6 Å². The third-order valence-corrected chi connectivity index (χ3v) is 4.89.